The van der Waals surface area contributed by atoms with E-state index in [9.17, 15) is 18.4 Å². The number of imidazole rings is 1. The van der Waals surface area contributed by atoms with Crippen LogP contribution in [-0.4, -0.2) is 78.1 Å². The van der Waals surface area contributed by atoms with Gasteiger partial charge in [-0.15, -0.1) is 0 Å². The summed E-state index contributed by atoms with van der Waals surface area (Å²) in [6.07, 6.45) is 3.28. The minimum atomic E-state index is -2.67. The summed E-state index contributed by atoms with van der Waals surface area (Å²) in [5.41, 5.74) is 3.69. The highest BCUT2D eigenvalue weighted by atomic mass is 19.3. The molecule has 3 heterocycles. The lowest BCUT2D eigenvalue weighted by atomic mass is 10.1. The number of hydrogen-bond donors (Lipinski definition) is 1. The van der Waals surface area contributed by atoms with Gasteiger partial charge in [-0.2, -0.15) is 5.10 Å². The molecule has 0 bridgehead atoms. The van der Waals surface area contributed by atoms with Gasteiger partial charge in [0, 0.05) is 51.2 Å². The molecule has 2 fully saturated rings. The van der Waals surface area contributed by atoms with Crippen LogP contribution >= 0.6 is 0 Å². The first kappa shape index (κ1) is 25.3. The summed E-state index contributed by atoms with van der Waals surface area (Å²) in [5, 5.41) is 8.40. The van der Waals surface area contributed by atoms with Crippen molar-refractivity contribution in [3.63, 3.8) is 0 Å². The Balaban J connectivity index is 1.45. The monoisotopic (exact) mass is 538 g/mol. The summed E-state index contributed by atoms with van der Waals surface area (Å²) in [5.74, 6) is -0.0966. The molecule has 2 aliphatic carbocycles. The number of nitrogens with one attached hydrogen (secondary N) is 1. The maximum atomic E-state index is 13.8. The molecule has 2 amide bonds. The van der Waals surface area contributed by atoms with E-state index in [-0.39, 0.29) is 17.4 Å². The zero-order valence-corrected chi connectivity index (χ0v) is 22.5. The van der Waals surface area contributed by atoms with E-state index in [0.717, 1.165) is 46.8 Å². The average Bonchev–Trinajstić information content (AvgIpc) is 3.80. The van der Waals surface area contributed by atoms with Gasteiger partial charge in [-0.1, -0.05) is 0 Å². The Kier molecular flexibility index (Phi) is 6.07. The van der Waals surface area contributed by atoms with E-state index in [1.54, 1.807) is 20.4 Å². The number of aryl methyl sites for hydroxylation is 2. The van der Waals surface area contributed by atoms with Gasteiger partial charge in [0.15, 0.2) is 5.82 Å². The van der Waals surface area contributed by atoms with Crippen LogP contribution in [-0.2, 0) is 20.1 Å². The number of carbonyl (C=O) groups excluding carboxylic acids is 2. The molecule has 39 heavy (non-hydrogen) atoms. The molecule has 2 aliphatic rings. The van der Waals surface area contributed by atoms with Crippen LogP contribution in [0.25, 0.3) is 21.9 Å². The minimum absolute atomic E-state index is 0.0613. The number of halogens is 2. The fraction of sp³-hybridized carbons (Fsp3) is 0.481. The predicted octanol–water partition coefficient (Wildman–Crippen LogP) is 4.22. The number of rotatable bonds is 9. The lowest BCUT2D eigenvalue weighted by Crippen LogP contribution is -2.36. The van der Waals surface area contributed by atoms with Crippen molar-refractivity contribution in [2.45, 2.75) is 64.2 Å². The summed E-state index contributed by atoms with van der Waals surface area (Å²) < 4.78 is 31.5. The molecular formula is C27H32F2N8O2. The molecule has 10 nitrogen and oxygen atoms in total. The third kappa shape index (κ3) is 4.41. The summed E-state index contributed by atoms with van der Waals surface area (Å²) in [4.78, 5) is 34.4. The Morgan fingerprint density at radius 2 is 1.77 bits per heavy atom. The second-order valence-corrected chi connectivity index (χ2v) is 10.7. The number of alkyl halides is 2. The maximum absolute atomic E-state index is 13.8. The second kappa shape index (κ2) is 9.35. The molecule has 0 radical (unpaired) electrons. The predicted molar refractivity (Wildman–Crippen MR) is 144 cm³/mol. The van der Waals surface area contributed by atoms with Gasteiger partial charge >= 0.3 is 0 Å². The smallest absolute Gasteiger partial charge is 0.271 e. The van der Waals surface area contributed by atoms with E-state index < -0.39 is 18.9 Å². The average molecular weight is 539 g/mol. The van der Waals surface area contributed by atoms with Crippen LogP contribution in [0.1, 0.15) is 53.6 Å². The summed E-state index contributed by atoms with van der Waals surface area (Å²) >= 11 is 0. The molecule has 3 aromatic heterocycles. The number of amides is 2. The molecule has 0 spiro atoms. The highest BCUT2D eigenvalue weighted by Gasteiger charge is 2.43. The topological polar surface area (TPSA) is 93.2 Å². The molecule has 0 unspecified atom stereocenters. The molecule has 12 heteroatoms. The molecule has 4 aromatic rings. The lowest BCUT2D eigenvalue weighted by molar-refractivity contribution is 0.0718. The number of nitrogens with zero attached hydrogens (tertiary/aromatic N) is 7. The van der Waals surface area contributed by atoms with Crippen molar-refractivity contribution in [2.24, 2.45) is 7.05 Å². The third-order valence-electron chi connectivity index (χ3n) is 7.50. The largest absolute Gasteiger partial charge is 0.343 e. The van der Waals surface area contributed by atoms with E-state index in [1.165, 1.54) is 11.0 Å². The van der Waals surface area contributed by atoms with Crippen molar-refractivity contribution >= 4 is 45.3 Å². The standard InChI is InChI=1S/C27H32F2N8O2/c1-5-35-19-11-18(31-23-12-21(26(38)33(2)3)36(32-23)13-22(28)29)24-25(34(4)14-30-24)17(19)10-20(35)27(39)37(15-6-7-15)16-8-9-16/h10-12,14-16,22H,5-9,13H2,1-4H3,(H,31,32). The van der Waals surface area contributed by atoms with Gasteiger partial charge in [0.2, 0.25) is 0 Å². The van der Waals surface area contributed by atoms with Crippen LogP contribution in [0.5, 0.6) is 0 Å². The molecule has 2 saturated carbocycles. The van der Waals surface area contributed by atoms with Gasteiger partial charge in [-0.3, -0.25) is 14.3 Å². The first-order valence-electron chi connectivity index (χ1n) is 13.3. The van der Waals surface area contributed by atoms with Crippen LogP contribution in [0.4, 0.5) is 20.3 Å². The van der Waals surface area contributed by atoms with Crippen LogP contribution in [0.15, 0.2) is 24.5 Å². The van der Waals surface area contributed by atoms with E-state index in [0.29, 0.717) is 35.5 Å². The van der Waals surface area contributed by atoms with Crippen LogP contribution < -0.4 is 5.32 Å². The molecule has 1 N–H and O–H groups in total. The zero-order valence-electron chi connectivity index (χ0n) is 22.5. The highest BCUT2D eigenvalue weighted by molar-refractivity contribution is 6.12. The highest BCUT2D eigenvalue weighted by Crippen LogP contribution is 2.40. The van der Waals surface area contributed by atoms with E-state index in [4.69, 9.17) is 0 Å². The van der Waals surface area contributed by atoms with E-state index in [2.05, 4.69) is 20.3 Å². The number of aromatic nitrogens is 5. The maximum Gasteiger partial charge on any atom is 0.271 e. The Bertz CT molecular complexity index is 1580. The first-order valence-corrected chi connectivity index (χ1v) is 13.3. The minimum Gasteiger partial charge on any atom is -0.343 e. The number of benzene rings is 1. The van der Waals surface area contributed by atoms with Gasteiger partial charge in [0.05, 0.1) is 23.0 Å². The van der Waals surface area contributed by atoms with Gasteiger partial charge in [-0.05, 0) is 44.7 Å². The van der Waals surface area contributed by atoms with E-state index >= 15 is 0 Å². The van der Waals surface area contributed by atoms with Crippen molar-refractivity contribution < 1.29 is 18.4 Å². The van der Waals surface area contributed by atoms with E-state index in [1.807, 2.05) is 35.2 Å². The van der Waals surface area contributed by atoms with Crippen molar-refractivity contribution in [2.75, 3.05) is 19.4 Å². The fourth-order valence-electron chi connectivity index (χ4n) is 5.43. The first-order chi connectivity index (χ1) is 18.7. The lowest BCUT2D eigenvalue weighted by Gasteiger charge is -2.22. The summed E-state index contributed by atoms with van der Waals surface area (Å²) in [6.45, 7) is 1.92. The molecule has 206 valence electrons. The number of anilines is 2. The van der Waals surface area contributed by atoms with Gasteiger partial charge < -0.3 is 24.3 Å². The third-order valence-corrected chi connectivity index (χ3v) is 7.50. The summed E-state index contributed by atoms with van der Waals surface area (Å²) in [7, 11) is 5.02. The van der Waals surface area contributed by atoms with Crippen LogP contribution in [0.2, 0.25) is 0 Å². The SMILES string of the molecule is CCn1c(C(=O)N(C2CC2)C2CC2)cc2c3c(ncn3C)c(Nc3cc(C(=O)N(C)C)n(CC(F)F)n3)cc21. The number of carbonyl (C=O) groups is 2. The zero-order chi connectivity index (χ0) is 27.6. The Hall–Kier alpha value is -3.96. The molecular weight excluding hydrogens is 506 g/mol. The van der Waals surface area contributed by atoms with Crippen molar-refractivity contribution in [1.82, 2.24) is 33.7 Å². The quantitative estimate of drug-likeness (QED) is 0.345. The second-order valence-electron chi connectivity index (χ2n) is 10.7. The normalized spacial score (nSPS) is 15.5. The fourth-order valence-corrected chi connectivity index (χ4v) is 5.43. The van der Waals surface area contributed by atoms with Crippen LogP contribution in [0, 0.1) is 0 Å². The Labute approximate surface area is 224 Å². The Morgan fingerprint density at radius 1 is 1.08 bits per heavy atom. The Morgan fingerprint density at radius 3 is 2.36 bits per heavy atom. The van der Waals surface area contributed by atoms with Crippen LogP contribution in [0.3, 0.4) is 0 Å². The van der Waals surface area contributed by atoms with Gasteiger partial charge in [0.1, 0.15) is 23.4 Å². The molecule has 0 atom stereocenters. The molecule has 6 rings (SSSR count). The molecule has 0 aliphatic heterocycles. The number of hydrogen-bond acceptors (Lipinski definition) is 5. The summed E-state index contributed by atoms with van der Waals surface area (Å²) in [6, 6.07) is 6.04. The van der Waals surface area contributed by atoms with Crippen molar-refractivity contribution in [1.29, 1.82) is 0 Å². The molecule has 1 aromatic carbocycles. The van der Waals surface area contributed by atoms with Gasteiger partial charge in [-0.25, -0.2) is 13.8 Å². The van der Waals surface area contributed by atoms with Crippen molar-refractivity contribution in [3.8, 4) is 0 Å². The molecule has 0 saturated heterocycles. The van der Waals surface area contributed by atoms with Crippen molar-refractivity contribution in [3.05, 3.63) is 35.9 Å². The number of fused-ring (bicyclic) bond motifs is 3. The van der Waals surface area contributed by atoms with Gasteiger partial charge in [0.25, 0.3) is 18.2 Å².